The van der Waals surface area contributed by atoms with E-state index in [4.69, 9.17) is 5.11 Å². The van der Waals surface area contributed by atoms with Gasteiger partial charge in [-0.2, -0.15) is 0 Å². The normalized spacial score (nSPS) is 10.8. The Morgan fingerprint density at radius 3 is 1.35 bits per heavy atom. The Labute approximate surface area is 128 Å². The Morgan fingerprint density at radius 1 is 0.600 bits per heavy atom. The molecule has 0 aliphatic carbocycles. The van der Waals surface area contributed by atoms with Crippen molar-refractivity contribution in [2.45, 2.75) is 64.7 Å². The van der Waals surface area contributed by atoms with Crippen molar-refractivity contribution in [3.63, 3.8) is 0 Å². The minimum absolute atomic E-state index is 0.349. The number of hydrogen-bond donors (Lipinski definition) is 1. The fourth-order valence-electron chi connectivity index (χ4n) is 1.92. The molecule has 0 rings (SSSR count). The van der Waals surface area contributed by atoms with Crippen molar-refractivity contribution >= 4 is 0 Å². The third kappa shape index (κ3) is 26.4. The summed E-state index contributed by atoms with van der Waals surface area (Å²) in [6, 6.07) is 0. The van der Waals surface area contributed by atoms with E-state index in [-0.39, 0.29) is 0 Å². The molecule has 0 saturated carbocycles. The molecule has 0 spiro atoms. The molecule has 1 N–H and O–H groups in total. The van der Waals surface area contributed by atoms with E-state index in [1.165, 1.54) is 64.5 Å². The van der Waals surface area contributed by atoms with Crippen LogP contribution < -0.4 is 0 Å². The van der Waals surface area contributed by atoms with Gasteiger partial charge in [-0.3, -0.25) is 0 Å². The van der Waals surface area contributed by atoms with Gasteiger partial charge in [-0.05, 0) is 60.5 Å². The Hall–Kier alpha value is -0.120. The SMILES string of the molecule is CCCCCCCN(C)C.CN(C)CCCCCCO. The minimum Gasteiger partial charge on any atom is -0.396 e. The number of nitrogens with zero attached hydrogens (tertiary/aromatic N) is 2. The molecule has 0 aliphatic heterocycles. The molecule has 0 aliphatic rings. The molecule has 3 nitrogen and oxygen atoms in total. The second kappa shape index (κ2) is 18.9. The Bertz CT molecular complexity index is 143. The van der Waals surface area contributed by atoms with Gasteiger partial charge in [-0.1, -0.05) is 45.4 Å². The first-order valence-electron chi connectivity index (χ1n) is 8.44. The minimum atomic E-state index is 0.349. The van der Waals surface area contributed by atoms with Gasteiger partial charge in [-0.25, -0.2) is 0 Å². The zero-order valence-corrected chi connectivity index (χ0v) is 14.8. The monoisotopic (exact) mass is 288 g/mol. The molecule has 0 unspecified atom stereocenters. The van der Waals surface area contributed by atoms with Crippen molar-refractivity contribution in [2.24, 2.45) is 0 Å². The van der Waals surface area contributed by atoms with Gasteiger partial charge in [0, 0.05) is 6.61 Å². The van der Waals surface area contributed by atoms with Crippen LogP contribution in [0.25, 0.3) is 0 Å². The van der Waals surface area contributed by atoms with E-state index < -0.39 is 0 Å². The van der Waals surface area contributed by atoms with Crippen LogP contribution in [0.1, 0.15) is 64.7 Å². The summed E-state index contributed by atoms with van der Waals surface area (Å²) in [5.41, 5.74) is 0. The third-order valence-corrected chi connectivity index (χ3v) is 3.22. The van der Waals surface area contributed by atoms with Gasteiger partial charge in [0.25, 0.3) is 0 Å². The molecule has 0 radical (unpaired) electrons. The van der Waals surface area contributed by atoms with E-state index in [2.05, 4.69) is 44.9 Å². The topological polar surface area (TPSA) is 26.7 Å². The molecular weight excluding hydrogens is 248 g/mol. The summed E-state index contributed by atoms with van der Waals surface area (Å²) in [5, 5.41) is 8.46. The highest BCUT2D eigenvalue weighted by Crippen LogP contribution is 2.02. The lowest BCUT2D eigenvalue weighted by molar-refractivity contribution is 0.280. The van der Waals surface area contributed by atoms with Crippen LogP contribution in [-0.4, -0.2) is 62.8 Å². The Balaban J connectivity index is 0. The summed E-state index contributed by atoms with van der Waals surface area (Å²) >= 11 is 0. The molecule has 0 fully saturated rings. The fraction of sp³-hybridized carbons (Fsp3) is 1.00. The van der Waals surface area contributed by atoms with Crippen LogP contribution in [0.2, 0.25) is 0 Å². The number of hydrogen-bond acceptors (Lipinski definition) is 3. The lowest BCUT2D eigenvalue weighted by Crippen LogP contribution is -2.12. The van der Waals surface area contributed by atoms with Crippen molar-refractivity contribution in [3.8, 4) is 0 Å². The number of unbranched alkanes of at least 4 members (excludes halogenated alkanes) is 7. The molecule has 0 aromatic heterocycles. The van der Waals surface area contributed by atoms with Crippen LogP contribution in [0.15, 0.2) is 0 Å². The largest absolute Gasteiger partial charge is 0.396 e. The lowest BCUT2D eigenvalue weighted by atomic mass is 10.1. The summed E-state index contributed by atoms with van der Waals surface area (Å²) in [6.07, 6.45) is 11.6. The van der Waals surface area contributed by atoms with Crippen molar-refractivity contribution in [1.82, 2.24) is 9.80 Å². The van der Waals surface area contributed by atoms with Gasteiger partial charge in [0.1, 0.15) is 0 Å². The van der Waals surface area contributed by atoms with Crippen molar-refractivity contribution < 1.29 is 5.11 Å². The highest BCUT2D eigenvalue weighted by molar-refractivity contribution is 4.46. The first-order chi connectivity index (χ1) is 9.54. The van der Waals surface area contributed by atoms with Gasteiger partial charge in [0.15, 0.2) is 0 Å². The van der Waals surface area contributed by atoms with E-state index in [9.17, 15) is 0 Å². The maximum absolute atomic E-state index is 8.46. The number of aliphatic hydroxyl groups excluding tert-OH is 1. The van der Waals surface area contributed by atoms with Crippen molar-refractivity contribution in [1.29, 1.82) is 0 Å². The summed E-state index contributed by atoms with van der Waals surface area (Å²) in [6.45, 7) is 5.03. The van der Waals surface area contributed by atoms with Gasteiger partial charge in [-0.15, -0.1) is 0 Å². The summed E-state index contributed by atoms with van der Waals surface area (Å²) < 4.78 is 0. The second-order valence-corrected chi connectivity index (χ2v) is 6.16. The van der Waals surface area contributed by atoms with Crippen LogP contribution in [0.3, 0.4) is 0 Å². The predicted molar refractivity (Wildman–Crippen MR) is 91.4 cm³/mol. The van der Waals surface area contributed by atoms with E-state index in [1.807, 2.05) is 0 Å². The molecule has 0 saturated heterocycles. The van der Waals surface area contributed by atoms with Crippen LogP contribution in [-0.2, 0) is 0 Å². The van der Waals surface area contributed by atoms with Gasteiger partial charge >= 0.3 is 0 Å². The van der Waals surface area contributed by atoms with Gasteiger partial charge in [0.05, 0.1) is 0 Å². The van der Waals surface area contributed by atoms with Gasteiger partial charge < -0.3 is 14.9 Å². The third-order valence-electron chi connectivity index (χ3n) is 3.22. The molecule has 0 atom stereocenters. The maximum atomic E-state index is 8.46. The van der Waals surface area contributed by atoms with E-state index >= 15 is 0 Å². The first kappa shape index (κ1) is 22.2. The first-order valence-corrected chi connectivity index (χ1v) is 8.44. The lowest BCUT2D eigenvalue weighted by Gasteiger charge is -2.07. The zero-order chi connectivity index (χ0) is 15.6. The molecule has 0 aromatic rings. The summed E-state index contributed by atoms with van der Waals surface area (Å²) in [5.74, 6) is 0. The molecule has 0 amide bonds. The quantitative estimate of drug-likeness (QED) is 0.556. The average molecular weight is 289 g/mol. The Morgan fingerprint density at radius 2 is 1.00 bits per heavy atom. The van der Waals surface area contributed by atoms with E-state index in [0.29, 0.717) is 6.61 Å². The maximum Gasteiger partial charge on any atom is 0.0431 e. The molecule has 3 heteroatoms. The zero-order valence-electron chi connectivity index (χ0n) is 14.8. The predicted octanol–water partition coefficient (Wildman–Crippen LogP) is 3.62. The summed E-state index contributed by atoms with van der Waals surface area (Å²) in [7, 11) is 8.46. The molecular formula is C17H40N2O. The second-order valence-electron chi connectivity index (χ2n) is 6.16. The van der Waals surface area contributed by atoms with Crippen LogP contribution in [0.4, 0.5) is 0 Å². The van der Waals surface area contributed by atoms with E-state index in [1.54, 1.807) is 0 Å². The van der Waals surface area contributed by atoms with Crippen LogP contribution >= 0.6 is 0 Å². The Kier molecular flexibility index (Phi) is 20.9. The number of aliphatic hydroxyl groups is 1. The van der Waals surface area contributed by atoms with Crippen LogP contribution in [0.5, 0.6) is 0 Å². The van der Waals surface area contributed by atoms with E-state index in [0.717, 1.165) is 6.42 Å². The summed E-state index contributed by atoms with van der Waals surface area (Å²) in [4.78, 5) is 4.45. The molecule has 0 aromatic carbocycles. The molecule has 124 valence electrons. The highest BCUT2D eigenvalue weighted by atomic mass is 16.2. The van der Waals surface area contributed by atoms with Crippen LogP contribution in [0, 0.1) is 0 Å². The highest BCUT2D eigenvalue weighted by Gasteiger charge is 1.90. The van der Waals surface area contributed by atoms with Crippen molar-refractivity contribution in [2.75, 3.05) is 47.9 Å². The van der Waals surface area contributed by atoms with Gasteiger partial charge in [0.2, 0.25) is 0 Å². The fourth-order valence-corrected chi connectivity index (χ4v) is 1.92. The van der Waals surface area contributed by atoms with Crippen molar-refractivity contribution in [3.05, 3.63) is 0 Å². The average Bonchev–Trinajstić information content (AvgIpc) is 2.38. The molecule has 20 heavy (non-hydrogen) atoms. The molecule has 0 bridgehead atoms. The molecule has 0 heterocycles. The number of rotatable bonds is 12. The standard InChI is InChI=1S/C9H21N.C8H19NO/c1-4-5-6-7-8-9-10(2)3;1-9(2)7-5-3-4-6-8-10/h4-9H2,1-3H3;10H,3-8H2,1-2H3. The smallest absolute Gasteiger partial charge is 0.0431 e.